The Labute approximate surface area is 195 Å². The number of hydrogen-bond acceptors (Lipinski definition) is 8. The second kappa shape index (κ2) is 9.05. The molecular weight excluding hydrogens is 436 g/mol. The molecule has 2 aromatic carbocycles. The van der Waals surface area contributed by atoms with Gasteiger partial charge in [0.25, 0.3) is 0 Å². The van der Waals surface area contributed by atoms with Crippen molar-refractivity contribution in [2.45, 2.75) is 18.3 Å². The summed E-state index contributed by atoms with van der Waals surface area (Å²) in [6, 6.07) is 15.7. The monoisotopic (exact) mass is 458 g/mol. The van der Waals surface area contributed by atoms with Crippen LogP contribution in [0.25, 0.3) is 22.4 Å². The van der Waals surface area contributed by atoms with Crippen molar-refractivity contribution in [3.05, 3.63) is 71.9 Å². The highest BCUT2D eigenvalue weighted by atomic mass is 32.1. The van der Waals surface area contributed by atoms with Crippen LogP contribution in [0.4, 0.5) is 11.6 Å². The first-order chi connectivity index (χ1) is 16.1. The van der Waals surface area contributed by atoms with E-state index in [0.717, 1.165) is 33.6 Å². The quantitative estimate of drug-likeness (QED) is 0.465. The van der Waals surface area contributed by atoms with Gasteiger partial charge in [-0.1, -0.05) is 40.9 Å². The Kier molecular flexibility index (Phi) is 5.80. The SMILES string of the molecule is Nc1ncc(-c2ccc(C3(C(=O)Nc4ccc(-c5csnn5)cc4)CCOCC3)cc2)cn1. The Hall–Kier alpha value is -3.69. The molecule has 3 heterocycles. The number of amides is 1. The van der Waals surface area contributed by atoms with Crippen LogP contribution < -0.4 is 11.1 Å². The van der Waals surface area contributed by atoms with Crippen molar-refractivity contribution in [1.29, 1.82) is 0 Å². The normalized spacial score (nSPS) is 15.2. The van der Waals surface area contributed by atoms with Gasteiger partial charge in [-0.2, -0.15) is 0 Å². The van der Waals surface area contributed by atoms with Crippen LogP contribution in [0.3, 0.4) is 0 Å². The lowest BCUT2D eigenvalue weighted by Gasteiger charge is -2.36. The molecule has 9 heteroatoms. The molecule has 1 aliphatic rings. The summed E-state index contributed by atoms with van der Waals surface area (Å²) >= 11 is 1.31. The van der Waals surface area contributed by atoms with E-state index in [4.69, 9.17) is 10.5 Å². The summed E-state index contributed by atoms with van der Waals surface area (Å²) in [7, 11) is 0. The van der Waals surface area contributed by atoms with Crippen molar-refractivity contribution in [3.63, 3.8) is 0 Å². The fraction of sp³-hybridized carbons (Fsp3) is 0.208. The highest BCUT2D eigenvalue weighted by Crippen LogP contribution is 2.37. The van der Waals surface area contributed by atoms with Crippen molar-refractivity contribution in [2.75, 3.05) is 24.3 Å². The van der Waals surface area contributed by atoms with Gasteiger partial charge in [-0.15, -0.1) is 5.10 Å². The second-order valence-electron chi connectivity index (χ2n) is 7.92. The number of ether oxygens (including phenoxy) is 1. The van der Waals surface area contributed by atoms with E-state index >= 15 is 0 Å². The van der Waals surface area contributed by atoms with Crippen molar-refractivity contribution < 1.29 is 9.53 Å². The molecule has 0 saturated carbocycles. The largest absolute Gasteiger partial charge is 0.381 e. The molecule has 0 spiro atoms. The number of hydrogen-bond donors (Lipinski definition) is 2. The highest BCUT2D eigenvalue weighted by Gasteiger charge is 2.41. The number of nitrogens with two attached hydrogens (primary N) is 1. The van der Waals surface area contributed by atoms with Crippen molar-refractivity contribution in [1.82, 2.24) is 19.6 Å². The van der Waals surface area contributed by atoms with Gasteiger partial charge in [-0.25, -0.2) is 9.97 Å². The fourth-order valence-electron chi connectivity index (χ4n) is 4.10. The third-order valence-electron chi connectivity index (χ3n) is 6.02. The molecule has 0 atom stereocenters. The molecule has 33 heavy (non-hydrogen) atoms. The number of aromatic nitrogens is 4. The number of anilines is 2. The summed E-state index contributed by atoms with van der Waals surface area (Å²) in [6.45, 7) is 1.08. The maximum Gasteiger partial charge on any atom is 0.235 e. The predicted molar refractivity (Wildman–Crippen MR) is 128 cm³/mol. The van der Waals surface area contributed by atoms with E-state index in [2.05, 4.69) is 24.9 Å². The van der Waals surface area contributed by atoms with Crippen molar-refractivity contribution in [3.8, 4) is 22.4 Å². The predicted octanol–water partition coefficient (Wildman–Crippen LogP) is 3.93. The van der Waals surface area contributed by atoms with Gasteiger partial charge in [-0.3, -0.25) is 4.79 Å². The first kappa shape index (κ1) is 21.2. The van der Waals surface area contributed by atoms with Gasteiger partial charge in [0.1, 0.15) is 5.69 Å². The Bertz CT molecular complexity index is 1220. The minimum Gasteiger partial charge on any atom is -0.381 e. The van der Waals surface area contributed by atoms with Gasteiger partial charge in [0.05, 0.1) is 5.41 Å². The molecule has 1 amide bonds. The number of nitrogen functional groups attached to an aromatic ring is 1. The number of nitrogens with zero attached hydrogens (tertiary/aromatic N) is 4. The van der Waals surface area contributed by atoms with Crippen LogP contribution in [-0.2, 0) is 14.9 Å². The number of nitrogens with one attached hydrogen (secondary N) is 1. The molecule has 1 fully saturated rings. The van der Waals surface area contributed by atoms with Gasteiger partial charge in [-0.05, 0) is 47.6 Å². The van der Waals surface area contributed by atoms with Crippen LogP contribution in [0.5, 0.6) is 0 Å². The van der Waals surface area contributed by atoms with E-state index in [1.165, 1.54) is 11.5 Å². The number of carbonyl (C=O) groups is 1. The topological polar surface area (TPSA) is 116 Å². The second-order valence-corrected chi connectivity index (χ2v) is 8.53. The molecule has 3 N–H and O–H groups in total. The van der Waals surface area contributed by atoms with Gasteiger partial charge in [0.15, 0.2) is 0 Å². The van der Waals surface area contributed by atoms with Crippen LogP contribution in [0.1, 0.15) is 18.4 Å². The molecule has 2 aromatic heterocycles. The fourth-order valence-corrected chi connectivity index (χ4v) is 4.57. The molecule has 0 unspecified atom stereocenters. The smallest absolute Gasteiger partial charge is 0.235 e. The van der Waals surface area contributed by atoms with Gasteiger partial charge in [0, 0.05) is 47.8 Å². The highest BCUT2D eigenvalue weighted by molar-refractivity contribution is 7.03. The molecule has 1 aliphatic heterocycles. The third kappa shape index (κ3) is 4.33. The van der Waals surface area contributed by atoms with Gasteiger partial charge >= 0.3 is 0 Å². The van der Waals surface area contributed by atoms with Crippen LogP contribution in [0, 0.1) is 0 Å². The summed E-state index contributed by atoms with van der Waals surface area (Å²) in [5, 5.41) is 9.10. The van der Waals surface area contributed by atoms with E-state index in [9.17, 15) is 4.79 Å². The third-order valence-corrected chi connectivity index (χ3v) is 6.53. The zero-order valence-electron chi connectivity index (χ0n) is 17.8. The number of rotatable bonds is 5. The lowest BCUT2D eigenvalue weighted by molar-refractivity contribution is -0.125. The lowest BCUT2D eigenvalue weighted by atomic mass is 9.73. The Morgan fingerprint density at radius 2 is 1.61 bits per heavy atom. The summed E-state index contributed by atoms with van der Waals surface area (Å²) in [6.07, 6.45) is 4.62. The maximum absolute atomic E-state index is 13.6. The van der Waals surface area contributed by atoms with Crippen molar-refractivity contribution >= 4 is 29.1 Å². The van der Waals surface area contributed by atoms with Crippen molar-refractivity contribution in [2.24, 2.45) is 0 Å². The van der Waals surface area contributed by atoms with Crippen LogP contribution in [-0.4, -0.2) is 38.7 Å². The Morgan fingerprint density at radius 3 is 2.24 bits per heavy atom. The van der Waals surface area contributed by atoms with E-state index < -0.39 is 5.41 Å². The van der Waals surface area contributed by atoms with Crippen LogP contribution in [0.2, 0.25) is 0 Å². The number of benzene rings is 2. The standard InChI is InChI=1S/C24H22N6O2S/c25-23-26-13-18(14-27-23)16-1-5-19(6-2-16)24(9-11-32-12-10-24)22(31)28-20-7-3-17(4-8-20)21-15-33-30-29-21/h1-8,13-15H,9-12H2,(H,28,31)(H2,25,26,27). The average molecular weight is 459 g/mol. The number of carbonyl (C=O) groups excluding carboxylic acids is 1. The molecule has 166 valence electrons. The summed E-state index contributed by atoms with van der Waals surface area (Å²) in [5.41, 5.74) is 10.3. The lowest BCUT2D eigenvalue weighted by Crippen LogP contribution is -2.44. The maximum atomic E-state index is 13.6. The first-order valence-electron chi connectivity index (χ1n) is 10.6. The van der Waals surface area contributed by atoms with E-state index in [1.807, 2.05) is 53.9 Å². The van der Waals surface area contributed by atoms with Crippen LogP contribution >= 0.6 is 11.5 Å². The first-order valence-corrected chi connectivity index (χ1v) is 11.4. The molecular formula is C24H22N6O2S. The zero-order valence-corrected chi connectivity index (χ0v) is 18.6. The van der Waals surface area contributed by atoms with E-state index in [-0.39, 0.29) is 11.9 Å². The molecule has 0 radical (unpaired) electrons. The van der Waals surface area contributed by atoms with E-state index in [0.29, 0.717) is 26.1 Å². The Balaban J connectivity index is 1.39. The molecule has 0 aliphatic carbocycles. The Morgan fingerprint density at radius 1 is 0.939 bits per heavy atom. The molecule has 8 nitrogen and oxygen atoms in total. The summed E-state index contributed by atoms with van der Waals surface area (Å²) in [4.78, 5) is 21.7. The summed E-state index contributed by atoms with van der Waals surface area (Å²) < 4.78 is 9.49. The molecule has 1 saturated heterocycles. The minimum absolute atomic E-state index is 0.0301. The average Bonchev–Trinajstić information content (AvgIpc) is 3.41. The van der Waals surface area contributed by atoms with Gasteiger partial charge < -0.3 is 15.8 Å². The molecule has 4 aromatic rings. The zero-order chi connectivity index (χ0) is 22.7. The minimum atomic E-state index is -0.661. The van der Waals surface area contributed by atoms with Crippen LogP contribution in [0.15, 0.2) is 66.3 Å². The summed E-state index contributed by atoms with van der Waals surface area (Å²) in [5.74, 6) is 0.210. The van der Waals surface area contributed by atoms with Gasteiger partial charge in [0.2, 0.25) is 11.9 Å². The molecule has 5 rings (SSSR count). The molecule has 0 bridgehead atoms. The van der Waals surface area contributed by atoms with E-state index in [1.54, 1.807) is 12.4 Å².